The lowest BCUT2D eigenvalue weighted by molar-refractivity contribution is -0.145. The summed E-state index contributed by atoms with van der Waals surface area (Å²) < 4.78 is 21.7. The van der Waals surface area contributed by atoms with Crippen LogP contribution in [0.4, 0.5) is 0 Å². The average molecular weight is 487 g/mol. The molecule has 5 nitrogen and oxygen atoms in total. The second-order valence-electron chi connectivity index (χ2n) is 9.46. The van der Waals surface area contributed by atoms with Crippen molar-refractivity contribution in [2.24, 2.45) is 0 Å². The number of hydrogen-bond donors (Lipinski definition) is 0. The summed E-state index contributed by atoms with van der Waals surface area (Å²) >= 11 is 0. The number of ether oxygens (including phenoxy) is 4. The summed E-state index contributed by atoms with van der Waals surface area (Å²) in [7, 11) is 0. The Morgan fingerprint density at radius 1 is 0.412 bits per heavy atom. The molecule has 0 aromatic rings. The molecule has 0 aliphatic rings. The molecule has 0 saturated carbocycles. The van der Waals surface area contributed by atoms with Crippen LogP contribution in [0.5, 0.6) is 0 Å². The minimum absolute atomic E-state index is 0.114. The van der Waals surface area contributed by atoms with E-state index < -0.39 is 0 Å². The van der Waals surface area contributed by atoms with Gasteiger partial charge in [0.25, 0.3) is 0 Å². The monoisotopic (exact) mass is 486 g/mol. The largest absolute Gasteiger partial charge is 0.463 e. The van der Waals surface area contributed by atoms with Crippen molar-refractivity contribution < 1.29 is 23.7 Å². The molecular weight excluding hydrogens is 428 g/mol. The third-order valence-corrected chi connectivity index (χ3v) is 6.11. The second kappa shape index (κ2) is 30.4. The van der Waals surface area contributed by atoms with Crippen molar-refractivity contribution in [2.45, 2.75) is 136 Å². The van der Waals surface area contributed by atoms with Crippen LogP contribution >= 0.6 is 0 Å². The molecule has 0 N–H and O–H groups in total. The van der Waals surface area contributed by atoms with Gasteiger partial charge in [0, 0.05) is 13.0 Å². The number of esters is 1. The quantitative estimate of drug-likeness (QED) is 0.0791. The molecule has 34 heavy (non-hydrogen) atoms. The molecular formula is C29H58O5. The zero-order valence-electron chi connectivity index (χ0n) is 22.9. The van der Waals surface area contributed by atoms with Crippen molar-refractivity contribution in [3.63, 3.8) is 0 Å². The predicted molar refractivity (Wildman–Crippen MR) is 142 cm³/mol. The molecule has 0 saturated heterocycles. The van der Waals surface area contributed by atoms with Gasteiger partial charge in [-0.15, -0.1) is 0 Å². The van der Waals surface area contributed by atoms with Gasteiger partial charge in [-0.2, -0.15) is 0 Å². The minimum atomic E-state index is -0.114. The normalized spacial score (nSPS) is 11.2. The Balaban J connectivity index is 3.08. The van der Waals surface area contributed by atoms with E-state index in [0.29, 0.717) is 46.1 Å². The number of rotatable bonds is 29. The fourth-order valence-corrected chi connectivity index (χ4v) is 3.92. The highest BCUT2D eigenvalue weighted by atomic mass is 16.6. The van der Waals surface area contributed by atoms with E-state index in [1.807, 2.05) is 0 Å². The molecule has 0 aromatic heterocycles. The van der Waals surface area contributed by atoms with Crippen LogP contribution in [0.2, 0.25) is 0 Å². The first-order valence-electron chi connectivity index (χ1n) is 14.7. The summed E-state index contributed by atoms with van der Waals surface area (Å²) in [6.07, 6.45) is 24.1. The van der Waals surface area contributed by atoms with Crippen LogP contribution in [0.1, 0.15) is 136 Å². The predicted octanol–water partition coefficient (Wildman–Crippen LogP) is 8.03. The molecule has 0 atom stereocenters. The van der Waals surface area contributed by atoms with Gasteiger partial charge in [-0.3, -0.25) is 4.79 Å². The van der Waals surface area contributed by atoms with E-state index in [2.05, 4.69) is 13.8 Å². The second-order valence-corrected chi connectivity index (χ2v) is 9.46. The maximum absolute atomic E-state index is 11.6. The summed E-state index contributed by atoms with van der Waals surface area (Å²) in [5.41, 5.74) is 0. The molecule has 0 aliphatic heterocycles. The number of carbonyl (C=O) groups excluding carboxylic acids is 1. The smallest absolute Gasteiger partial charge is 0.305 e. The average Bonchev–Trinajstić information content (AvgIpc) is 2.84. The third-order valence-electron chi connectivity index (χ3n) is 6.11. The fraction of sp³-hybridized carbons (Fsp3) is 0.966. The Morgan fingerprint density at radius 2 is 0.765 bits per heavy atom. The summed E-state index contributed by atoms with van der Waals surface area (Å²) in [5.74, 6) is -0.114. The van der Waals surface area contributed by atoms with E-state index in [1.165, 1.54) is 96.3 Å². The van der Waals surface area contributed by atoms with Gasteiger partial charge < -0.3 is 18.9 Å². The van der Waals surface area contributed by atoms with Crippen LogP contribution in [0.15, 0.2) is 0 Å². The first kappa shape index (κ1) is 33.4. The lowest BCUT2D eigenvalue weighted by atomic mass is 10.0. The molecule has 204 valence electrons. The zero-order chi connectivity index (χ0) is 24.8. The van der Waals surface area contributed by atoms with Crippen molar-refractivity contribution in [1.29, 1.82) is 0 Å². The minimum Gasteiger partial charge on any atom is -0.463 e. The lowest BCUT2D eigenvalue weighted by Crippen LogP contribution is -2.14. The van der Waals surface area contributed by atoms with Gasteiger partial charge in [0.2, 0.25) is 0 Å². The highest BCUT2D eigenvalue weighted by Crippen LogP contribution is 2.12. The summed E-state index contributed by atoms with van der Waals surface area (Å²) in [6, 6.07) is 0. The molecule has 0 bridgehead atoms. The van der Waals surface area contributed by atoms with Crippen molar-refractivity contribution in [2.75, 3.05) is 46.2 Å². The highest BCUT2D eigenvalue weighted by molar-refractivity contribution is 5.69. The lowest BCUT2D eigenvalue weighted by Gasteiger charge is -2.08. The van der Waals surface area contributed by atoms with Crippen LogP contribution in [0.3, 0.4) is 0 Å². The first-order chi connectivity index (χ1) is 16.8. The fourth-order valence-electron chi connectivity index (χ4n) is 3.92. The van der Waals surface area contributed by atoms with E-state index in [-0.39, 0.29) is 5.97 Å². The van der Waals surface area contributed by atoms with Crippen LogP contribution in [-0.4, -0.2) is 52.2 Å². The van der Waals surface area contributed by atoms with E-state index >= 15 is 0 Å². The standard InChI is InChI=1S/C29H58O5/c1-3-5-7-9-10-11-12-13-14-15-16-18-20-22-31-23-24-32-25-26-33-27-28-34-29(30)21-19-17-8-6-4-2/h3-28H2,1-2H3. The van der Waals surface area contributed by atoms with Crippen LogP contribution in [-0.2, 0) is 23.7 Å². The van der Waals surface area contributed by atoms with Gasteiger partial charge in [-0.1, -0.05) is 117 Å². The van der Waals surface area contributed by atoms with Gasteiger partial charge >= 0.3 is 5.97 Å². The molecule has 0 aliphatic carbocycles. The molecule has 0 heterocycles. The van der Waals surface area contributed by atoms with E-state index in [4.69, 9.17) is 18.9 Å². The van der Waals surface area contributed by atoms with Crippen LogP contribution in [0, 0.1) is 0 Å². The Morgan fingerprint density at radius 3 is 1.24 bits per heavy atom. The topological polar surface area (TPSA) is 54.0 Å². The van der Waals surface area contributed by atoms with Crippen LogP contribution < -0.4 is 0 Å². The maximum Gasteiger partial charge on any atom is 0.305 e. The summed E-state index contributed by atoms with van der Waals surface area (Å²) in [5, 5.41) is 0. The van der Waals surface area contributed by atoms with Crippen LogP contribution in [0.25, 0.3) is 0 Å². The maximum atomic E-state index is 11.6. The molecule has 0 spiro atoms. The van der Waals surface area contributed by atoms with Crippen molar-refractivity contribution >= 4 is 5.97 Å². The number of hydrogen-bond acceptors (Lipinski definition) is 5. The molecule has 0 unspecified atom stereocenters. The van der Waals surface area contributed by atoms with Crippen molar-refractivity contribution in [1.82, 2.24) is 0 Å². The molecule has 0 fully saturated rings. The molecule has 0 aromatic carbocycles. The number of unbranched alkanes of at least 4 members (excludes halogenated alkanes) is 16. The zero-order valence-corrected chi connectivity index (χ0v) is 22.9. The van der Waals surface area contributed by atoms with Gasteiger partial charge in [0.05, 0.1) is 33.0 Å². The Bertz CT molecular complexity index is 389. The SMILES string of the molecule is CCCCCCCCCCCCCCCOCCOCCOCCOC(=O)CCCCCCC. The number of carbonyl (C=O) groups is 1. The first-order valence-corrected chi connectivity index (χ1v) is 14.7. The molecule has 0 rings (SSSR count). The van der Waals surface area contributed by atoms with Gasteiger partial charge in [-0.05, 0) is 12.8 Å². The van der Waals surface area contributed by atoms with Crippen molar-refractivity contribution in [3.05, 3.63) is 0 Å². The van der Waals surface area contributed by atoms with Crippen molar-refractivity contribution in [3.8, 4) is 0 Å². The molecule has 0 radical (unpaired) electrons. The Kier molecular flexibility index (Phi) is 29.8. The van der Waals surface area contributed by atoms with Gasteiger partial charge in [0.1, 0.15) is 6.61 Å². The molecule has 0 amide bonds. The summed E-state index contributed by atoms with van der Waals surface area (Å²) in [4.78, 5) is 11.6. The van der Waals surface area contributed by atoms with E-state index in [9.17, 15) is 4.79 Å². The Hall–Kier alpha value is -0.650. The Labute approximate surface area is 212 Å². The van der Waals surface area contributed by atoms with E-state index in [0.717, 1.165) is 25.9 Å². The highest BCUT2D eigenvalue weighted by Gasteiger charge is 2.02. The van der Waals surface area contributed by atoms with Gasteiger partial charge in [0.15, 0.2) is 0 Å². The molecule has 5 heteroatoms. The summed E-state index contributed by atoms with van der Waals surface area (Å²) in [6.45, 7) is 8.39. The van der Waals surface area contributed by atoms with Gasteiger partial charge in [-0.25, -0.2) is 0 Å². The van der Waals surface area contributed by atoms with E-state index in [1.54, 1.807) is 0 Å². The third kappa shape index (κ3) is 29.4.